The van der Waals surface area contributed by atoms with E-state index in [0.29, 0.717) is 25.0 Å². The van der Waals surface area contributed by atoms with Crippen LogP contribution in [0, 0.1) is 5.92 Å². The van der Waals surface area contributed by atoms with Gasteiger partial charge in [-0.2, -0.15) is 0 Å². The van der Waals surface area contributed by atoms with E-state index in [2.05, 4.69) is 0 Å². The molecule has 4 nitrogen and oxygen atoms in total. The summed E-state index contributed by atoms with van der Waals surface area (Å²) in [6, 6.07) is 0.254. The lowest BCUT2D eigenvalue weighted by atomic mass is 10.0. The summed E-state index contributed by atoms with van der Waals surface area (Å²) in [5.41, 5.74) is 5.77. The van der Waals surface area contributed by atoms with Crippen LogP contribution in [0.3, 0.4) is 0 Å². The molecule has 1 saturated carbocycles. The Morgan fingerprint density at radius 1 is 1.39 bits per heavy atom. The Kier molecular flexibility index (Phi) is 5.01. The highest BCUT2D eigenvalue weighted by atomic mass is 16.5. The molecule has 0 aromatic heterocycles. The van der Waals surface area contributed by atoms with Crippen molar-refractivity contribution >= 4 is 5.91 Å². The molecule has 1 saturated heterocycles. The van der Waals surface area contributed by atoms with Crippen LogP contribution in [-0.4, -0.2) is 43.2 Å². The molecule has 104 valence electrons. The van der Waals surface area contributed by atoms with E-state index >= 15 is 0 Å². The van der Waals surface area contributed by atoms with Gasteiger partial charge in [-0.15, -0.1) is 0 Å². The number of rotatable bonds is 6. The van der Waals surface area contributed by atoms with Crippen molar-refractivity contribution in [1.82, 2.24) is 4.90 Å². The highest BCUT2D eigenvalue weighted by Gasteiger charge is 2.34. The molecule has 0 aromatic carbocycles. The fraction of sp³-hybridized carbons (Fsp3) is 0.929. The third-order valence-electron chi connectivity index (χ3n) is 4.25. The molecule has 2 fully saturated rings. The third-order valence-corrected chi connectivity index (χ3v) is 4.25. The van der Waals surface area contributed by atoms with Crippen LogP contribution >= 0.6 is 0 Å². The molecule has 1 aliphatic heterocycles. The average molecular weight is 254 g/mol. The molecule has 1 heterocycles. The van der Waals surface area contributed by atoms with Crippen LogP contribution in [0.5, 0.6) is 0 Å². The largest absolute Gasteiger partial charge is 0.378 e. The van der Waals surface area contributed by atoms with Gasteiger partial charge in [-0.05, 0) is 44.4 Å². The number of carbonyl (C=O) groups is 1. The Morgan fingerprint density at radius 2 is 2.17 bits per heavy atom. The summed E-state index contributed by atoms with van der Waals surface area (Å²) in [7, 11) is 1.90. The van der Waals surface area contributed by atoms with E-state index in [1.165, 1.54) is 25.7 Å². The summed E-state index contributed by atoms with van der Waals surface area (Å²) >= 11 is 0. The maximum Gasteiger partial charge on any atom is 0.222 e. The molecule has 0 radical (unpaired) electrons. The molecule has 4 heteroatoms. The van der Waals surface area contributed by atoms with Gasteiger partial charge in [-0.25, -0.2) is 0 Å². The van der Waals surface area contributed by atoms with Gasteiger partial charge in [0, 0.05) is 32.7 Å². The van der Waals surface area contributed by atoms with E-state index < -0.39 is 0 Å². The standard InChI is InChI=1S/C14H26N2O2/c1-16(13(10-15)11-5-6-11)14(17)8-7-12-4-2-3-9-18-12/h11-13H,2-10,15H2,1H3. The Hall–Kier alpha value is -0.610. The maximum atomic E-state index is 12.1. The second-order valence-electron chi connectivity index (χ2n) is 5.67. The molecule has 1 amide bonds. The number of hydrogen-bond donors (Lipinski definition) is 1. The van der Waals surface area contributed by atoms with Gasteiger partial charge in [0.2, 0.25) is 5.91 Å². The number of hydrogen-bond acceptors (Lipinski definition) is 3. The van der Waals surface area contributed by atoms with Crippen molar-refractivity contribution in [3.63, 3.8) is 0 Å². The van der Waals surface area contributed by atoms with E-state index in [1.807, 2.05) is 11.9 Å². The lowest BCUT2D eigenvalue weighted by Crippen LogP contribution is -2.43. The number of nitrogens with zero attached hydrogens (tertiary/aromatic N) is 1. The molecule has 2 rings (SSSR count). The van der Waals surface area contributed by atoms with Gasteiger partial charge in [0.25, 0.3) is 0 Å². The van der Waals surface area contributed by atoms with Gasteiger partial charge in [0.05, 0.1) is 6.10 Å². The molecule has 0 aromatic rings. The van der Waals surface area contributed by atoms with Crippen LogP contribution in [0.1, 0.15) is 44.9 Å². The predicted octanol–water partition coefficient (Wildman–Crippen LogP) is 1.53. The summed E-state index contributed by atoms with van der Waals surface area (Å²) in [6.07, 6.45) is 7.74. The first-order valence-electron chi connectivity index (χ1n) is 7.29. The van der Waals surface area contributed by atoms with E-state index in [1.54, 1.807) is 0 Å². The van der Waals surface area contributed by atoms with Gasteiger partial charge in [0.1, 0.15) is 0 Å². The molecule has 0 spiro atoms. The summed E-state index contributed by atoms with van der Waals surface area (Å²) < 4.78 is 5.66. The smallest absolute Gasteiger partial charge is 0.222 e. The molecule has 2 unspecified atom stereocenters. The number of nitrogens with two attached hydrogens (primary N) is 1. The van der Waals surface area contributed by atoms with Gasteiger partial charge in [0.15, 0.2) is 0 Å². The molecule has 2 aliphatic rings. The highest BCUT2D eigenvalue weighted by molar-refractivity contribution is 5.76. The van der Waals surface area contributed by atoms with E-state index in [-0.39, 0.29) is 11.9 Å². The molecule has 18 heavy (non-hydrogen) atoms. The first kappa shape index (κ1) is 13.8. The van der Waals surface area contributed by atoms with Crippen molar-refractivity contribution in [2.75, 3.05) is 20.2 Å². The van der Waals surface area contributed by atoms with Crippen LogP contribution in [-0.2, 0) is 9.53 Å². The van der Waals surface area contributed by atoms with E-state index in [4.69, 9.17) is 10.5 Å². The highest BCUT2D eigenvalue weighted by Crippen LogP contribution is 2.34. The summed E-state index contributed by atoms with van der Waals surface area (Å²) in [5.74, 6) is 0.876. The second kappa shape index (κ2) is 6.53. The van der Waals surface area contributed by atoms with Gasteiger partial charge < -0.3 is 15.4 Å². The Labute approximate surface area is 110 Å². The first-order valence-corrected chi connectivity index (χ1v) is 7.29. The maximum absolute atomic E-state index is 12.1. The first-order chi connectivity index (χ1) is 8.72. The predicted molar refractivity (Wildman–Crippen MR) is 71.2 cm³/mol. The minimum Gasteiger partial charge on any atom is -0.378 e. The number of carbonyl (C=O) groups excluding carboxylic acids is 1. The van der Waals surface area contributed by atoms with Gasteiger partial charge in [-0.3, -0.25) is 4.79 Å². The number of ether oxygens (including phenoxy) is 1. The normalized spacial score (nSPS) is 25.8. The molecule has 2 atom stereocenters. The Bertz CT molecular complexity index is 273. The third kappa shape index (κ3) is 3.69. The quantitative estimate of drug-likeness (QED) is 0.782. The zero-order chi connectivity index (χ0) is 13.0. The lowest BCUT2D eigenvalue weighted by molar-refractivity contribution is -0.133. The monoisotopic (exact) mass is 254 g/mol. The minimum atomic E-state index is 0.228. The van der Waals surface area contributed by atoms with Crippen LogP contribution in [0.25, 0.3) is 0 Å². The number of likely N-dealkylation sites (N-methyl/N-ethyl adjacent to an activating group) is 1. The zero-order valence-corrected chi connectivity index (χ0v) is 11.4. The summed E-state index contributed by atoms with van der Waals surface area (Å²) in [4.78, 5) is 14.0. The van der Waals surface area contributed by atoms with Crippen molar-refractivity contribution in [2.24, 2.45) is 11.7 Å². The molecular formula is C14H26N2O2. The average Bonchev–Trinajstić information content (AvgIpc) is 3.22. The Morgan fingerprint density at radius 3 is 2.72 bits per heavy atom. The van der Waals surface area contributed by atoms with Crippen LogP contribution in [0.4, 0.5) is 0 Å². The minimum absolute atomic E-state index is 0.228. The van der Waals surface area contributed by atoms with Crippen molar-refractivity contribution in [2.45, 2.75) is 57.1 Å². The topological polar surface area (TPSA) is 55.6 Å². The van der Waals surface area contributed by atoms with Crippen LogP contribution in [0.15, 0.2) is 0 Å². The van der Waals surface area contributed by atoms with Crippen molar-refractivity contribution in [3.05, 3.63) is 0 Å². The number of amides is 1. The van der Waals surface area contributed by atoms with Crippen molar-refractivity contribution in [3.8, 4) is 0 Å². The summed E-state index contributed by atoms with van der Waals surface area (Å²) in [6.45, 7) is 1.45. The Balaban J connectivity index is 1.72. The molecular weight excluding hydrogens is 228 g/mol. The van der Waals surface area contributed by atoms with Crippen molar-refractivity contribution in [1.29, 1.82) is 0 Å². The molecule has 1 aliphatic carbocycles. The molecule has 0 bridgehead atoms. The fourth-order valence-corrected chi connectivity index (χ4v) is 2.83. The van der Waals surface area contributed by atoms with Crippen LogP contribution in [0.2, 0.25) is 0 Å². The van der Waals surface area contributed by atoms with Crippen molar-refractivity contribution < 1.29 is 9.53 Å². The van der Waals surface area contributed by atoms with Crippen LogP contribution < -0.4 is 5.73 Å². The lowest BCUT2D eigenvalue weighted by Gasteiger charge is -2.28. The summed E-state index contributed by atoms with van der Waals surface area (Å²) in [5, 5.41) is 0. The van der Waals surface area contributed by atoms with E-state index in [9.17, 15) is 4.79 Å². The second-order valence-corrected chi connectivity index (χ2v) is 5.67. The van der Waals surface area contributed by atoms with E-state index in [0.717, 1.165) is 19.4 Å². The fourth-order valence-electron chi connectivity index (χ4n) is 2.83. The SMILES string of the molecule is CN(C(=O)CCC1CCCCO1)C(CN)C1CC1. The zero-order valence-electron chi connectivity index (χ0n) is 11.4. The van der Waals surface area contributed by atoms with Gasteiger partial charge >= 0.3 is 0 Å². The van der Waals surface area contributed by atoms with Gasteiger partial charge in [-0.1, -0.05) is 0 Å². The molecule has 2 N–H and O–H groups in total.